The van der Waals surface area contributed by atoms with Crippen LogP contribution in [0.5, 0.6) is 0 Å². The first-order chi connectivity index (χ1) is 10.6. The second-order valence-electron chi connectivity index (χ2n) is 4.45. The molecule has 0 unspecified atom stereocenters. The zero-order valence-electron chi connectivity index (χ0n) is 11.6. The first-order valence-electron chi connectivity index (χ1n) is 6.42. The van der Waals surface area contributed by atoms with Crippen molar-refractivity contribution in [1.29, 1.82) is 0 Å². The van der Waals surface area contributed by atoms with Crippen LogP contribution >= 0.6 is 23.4 Å². The third-order valence-corrected chi connectivity index (χ3v) is 4.29. The van der Waals surface area contributed by atoms with E-state index >= 15 is 0 Å². The minimum Gasteiger partial charge on any atom is -0.290 e. The summed E-state index contributed by atoms with van der Waals surface area (Å²) in [6.07, 6.45) is 6.57. The summed E-state index contributed by atoms with van der Waals surface area (Å²) in [6, 6.07) is 7.25. The van der Waals surface area contributed by atoms with Gasteiger partial charge in [0.05, 0.1) is 21.3 Å². The fourth-order valence-electron chi connectivity index (χ4n) is 1.81. The van der Waals surface area contributed by atoms with E-state index in [4.69, 9.17) is 11.6 Å². The molecule has 0 bridgehead atoms. The molecule has 1 aliphatic rings. The number of hydrogen-bond acceptors (Lipinski definition) is 5. The van der Waals surface area contributed by atoms with Crippen LogP contribution in [0.3, 0.4) is 0 Å². The van der Waals surface area contributed by atoms with E-state index in [0.717, 1.165) is 5.69 Å². The lowest BCUT2D eigenvalue weighted by Crippen LogP contribution is -2.23. The molecule has 0 spiro atoms. The third-order valence-electron chi connectivity index (χ3n) is 2.94. The van der Waals surface area contributed by atoms with Gasteiger partial charge in [0.2, 0.25) is 0 Å². The summed E-state index contributed by atoms with van der Waals surface area (Å²) in [6.45, 7) is 0. The van der Waals surface area contributed by atoms with Gasteiger partial charge in [-0.15, -0.1) is 0 Å². The van der Waals surface area contributed by atoms with Crippen molar-refractivity contribution in [3.8, 4) is 0 Å². The Morgan fingerprint density at radius 2 is 2.18 bits per heavy atom. The molecule has 110 valence electrons. The summed E-state index contributed by atoms with van der Waals surface area (Å²) in [4.78, 5) is 26.9. The number of aliphatic imine (C=N–C) groups is 1. The molecule has 3 rings (SSSR count). The average Bonchev–Trinajstić information content (AvgIpc) is 2.79. The van der Waals surface area contributed by atoms with E-state index in [-0.39, 0.29) is 5.91 Å². The number of thioether (sulfide) groups is 1. The van der Waals surface area contributed by atoms with Gasteiger partial charge in [0.15, 0.2) is 5.17 Å². The van der Waals surface area contributed by atoms with E-state index in [2.05, 4.69) is 15.0 Å². The number of hydrogen-bond donors (Lipinski definition) is 0. The number of pyridine rings is 2. The van der Waals surface area contributed by atoms with E-state index in [1.807, 2.05) is 18.2 Å². The molecule has 0 aromatic carbocycles. The van der Waals surface area contributed by atoms with Gasteiger partial charge >= 0.3 is 0 Å². The summed E-state index contributed by atoms with van der Waals surface area (Å²) >= 11 is 7.34. The number of likely N-dealkylation sites (N-methyl/N-ethyl adjacent to an activating group) is 1. The quantitative estimate of drug-likeness (QED) is 0.792. The highest BCUT2D eigenvalue weighted by Crippen LogP contribution is 2.34. The Hall–Kier alpha value is -2.18. The number of amidine groups is 1. The topological polar surface area (TPSA) is 58.5 Å². The van der Waals surface area contributed by atoms with Crippen molar-refractivity contribution >= 4 is 46.2 Å². The molecule has 1 amide bonds. The highest BCUT2D eigenvalue weighted by molar-refractivity contribution is 8.18. The van der Waals surface area contributed by atoms with Crippen LogP contribution in [0.15, 0.2) is 52.8 Å². The van der Waals surface area contributed by atoms with Gasteiger partial charge in [-0.1, -0.05) is 17.7 Å². The summed E-state index contributed by atoms with van der Waals surface area (Å²) in [5, 5.41) is 1.01. The zero-order chi connectivity index (χ0) is 15.5. The lowest BCUT2D eigenvalue weighted by molar-refractivity contribution is -0.121. The lowest BCUT2D eigenvalue weighted by atomic mass is 10.3. The SMILES string of the molecule is CN1C(=O)/C(=C/c2ccccn2)SC1=Nc1ccncc1Cl. The van der Waals surface area contributed by atoms with Crippen LogP contribution in [0.1, 0.15) is 5.69 Å². The summed E-state index contributed by atoms with van der Waals surface area (Å²) in [5.74, 6) is -0.111. The maximum absolute atomic E-state index is 12.3. The minimum atomic E-state index is -0.111. The zero-order valence-corrected chi connectivity index (χ0v) is 13.2. The van der Waals surface area contributed by atoms with Crippen LogP contribution in [-0.2, 0) is 4.79 Å². The van der Waals surface area contributed by atoms with Gasteiger partial charge in [-0.2, -0.15) is 0 Å². The number of carbonyl (C=O) groups excluding carboxylic acids is 1. The minimum absolute atomic E-state index is 0.111. The fraction of sp³-hybridized carbons (Fsp3) is 0.0667. The molecule has 5 nitrogen and oxygen atoms in total. The lowest BCUT2D eigenvalue weighted by Gasteiger charge is -2.07. The second-order valence-corrected chi connectivity index (χ2v) is 5.87. The Balaban J connectivity index is 1.92. The Morgan fingerprint density at radius 1 is 1.32 bits per heavy atom. The van der Waals surface area contributed by atoms with Crippen LogP contribution in [-0.4, -0.2) is 33.0 Å². The van der Waals surface area contributed by atoms with Gasteiger partial charge in [-0.05, 0) is 36.0 Å². The van der Waals surface area contributed by atoms with E-state index < -0.39 is 0 Å². The van der Waals surface area contributed by atoms with Crippen LogP contribution in [0, 0.1) is 0 Å². The number of halogens is 1. The van der Waals surface area contributed by atoms with E-state index in [9.17, 15) is 4.79 Å². The molecule has 0 aliphatic carbocycles. The van der Waals surface area contributed by atoms with Crippen molar-refractivity contribution in [1.82, 2.24) is 14.9 Å². The number of nitrogens with zero attached hydrogens (tertiary/aromatic N) is 4. The largest absolute Gasteiger partial charge is 0.290 e. The van der Waals surface area contributed by atoms with Crippen molar-refractivity contribution in [3.63, 3.8) is 0 Å². The average molecular weight is 331 g/mol. The van der Waals surface area contributed by atoms with Gasteiger partial charge in [0, 0.05) is 25.6 Å². The number of amides is 1. The Bertz CT molecular complexity index is 776. The van der Waals surface area contributed by atoms with Crippen LogP contribution < -0.4 is 0 Å². The summed E-state index contributed by atoms with van der Waals surface area (Å²) in [7, 11) is 1.68. The molecule has 0 radical (unpaired) electrons. The van der Waals surface area contributed by atoms with Crippen molar-refractivity contribution < 1.29 is 4.79 Å². The molecule has 22 heavy (non-hydrogen) atoms. The normalized spacial score (nSPS) is 18.5. The van der Waals surface area contributed by atoms with E-state index in [0.29, 0.717) is 20.8 Å². The number of carbonyl (C=O) groups is 1. The van der Waals surface area contributed by atoms with Crippen LogP contribution in [0.25, 0.3) is 6.08 Å². The molecule has 1 aliphatic heterocycles. The van der Waals surface area contributed by atoms with E-state index in [1.165, 1.54) is 22.9 Å². The molecule has 7 heteroatoms. The van der Waals surface area contributed by atoms with Crippen molar-refractivity contribution in [3.05, 3.63) is 58.5 Å². The van der Waals surface area contributed by atoms with E-state index in [1.54, 1.807) is 31.6 Å². The van der Waals surface area contributed by atoms with Gasteiger partial charge < -0.3 is 0 Å². The van der Waals surface area contributed by atoms with Crippen molar-refractivity contribution in [2.75, 3.05) is 7.05 Å². The number of aromatic nitrogens is 2. The molecule has 0 N–H and O–H groups in total. The molecule has 0 atom stereocenters. The van der Waals surface area contributed by atoms with Gasteiger partial charge in [0.1, 0.15) is 0 Å². The Morgan fingerprint density at radius 3 is 2.91 bits per heavy atom. The van der Waals surface area contributed by atoms with Gasteiger partial charge in [-0.3, -0.25) is 19.7 Å². The Kier molecular flexibility index (Phi) is 4.22. The second kappa shape index (κ2) is 6.29. The predicted octanol–water partition coefficient (Wildman–Crippen LogP) is 3.36. The van der Waals surface area contributed by atoms with Gasteiger partial charge in [0.25, 0.3) is 5.91 Å². The molecule has 2 aromatic heterocycles. The molecule has 1 fully saturated rings. The number of rotatable bonds is 2. The first kappa shape index (κ1) is 14.7. The molecule has 2 aromatic rings. The molecule has 3 heterocycles. The summed E-state index contributed by atoms with van der Waals surface area (Å²) < 4.78 is 0. The molecule has 1 saturated heterocycles. The monoisotopic (exact) mass is 330 g/mol. The van der Waals surface area contributed by atoms with Crippen molar-refractivity contribution in [2.24, 2.45) is 4.99 Å². The van der Waals surface area contributed by atoms with Gasteiger partial charge in [-0.25, -0.2) is 4.99 Å². The predicted molar refractivity (Wildman–Crippen MR) is 88.9 cm³/mol. The Labute approximate surface area is 136 Å². The smallest absolute Gasteiger partial charge is 0.266 e. The first-order valence-corrected chi connectivity index (χ1v) is 7.61. The standard InChI is InChI=1S/C15H11ClN4OS/c1-20-14(21)13(8-10-4-2-3-6-18-10)22-15(20)19-12-5-7-17-9-11(12)16/h2-9H,1H3/b13-8-,19-15?. The highest BCUT2D eigenvalue weighted by atomic mass is 35.5. The van der Waals surface area contributed by atoms with Crippen LogP contribution in [0.2, 0.25) is 5.02 Å². The maximum Gasteiger partial charge on any atom is 0.266 e. The van der Waals surface area contributed by atoms with Crippen molar-refractivity contribution in [2.45, 2.75) is 0 Å². The molecular weight excluding hydrogens is 320 g/mol. The third kappa shape index (κ3) is 3.03. The fourth-order valence-corrected chi connectivity index (χ4v) is 2.93. The highest BCUT2D eigenvalue weighted by Gasteiger charge is 2.30. The maximum atomic E-state index is 12.3. The molecule has 0 saturated carbocycles. The van der Waals surface area contributed by atoms with Crippen LogP contribution in [0.4, 0.5) is 5.69 Å². The molecular formula is C15H11ClN4OS. The summed E-state index contributed by atoms with van der Waals surface area (Å²) in [5.41, 5.74) is 1.31.